The van der Waals surface area contributed by atoms with Gasteiger partial charge in [0.2, 0.25) is 5.88 Å². The third-order valence-electron chi connectivity index (χ3n) is 5.94. The molecule has 0 saturated heterocycles. The van der Waals surface area contributed by atoms with Crippen LogP contribution in [0, 0.1) is 0 Å². The third kappa shape index (κ3) is 6.31. The number of benzene rings is 2. The Balaban J connectivity index is 1.16. The van der Waals surface area contributed by atoms with Crippen molar-refractivity contribution >= 4 is 0 Å². The summed E-state index contributed by atoms with van der Waals surface area (Å²) in [6, 6.07) is 23.1. The van der Waals surface area contributed by atoms with Crippen LogP contribution in [0.5, 0.6) is 11.6 Å². The van der Waals surface area contributed by atoms with E-state index in [0.29, 0.717) is 0 Å². The lowest BCUT2D eigenvalue weighted by Gasteiger charge is -2.28. The minimum Gasteiger partial charge on any atom is -0.497 e. The van der Waals surface area contributed by atoms with Gasteiger partial charge in [-0.15, -0.1) is 0 Å². The summed E-state index contributed by atoms with van der Waals surface area (Å²) in [5, 5.41) is 0. The number of hydrogen-bond acceptors (Lipinski definition) is 4. The highest BCUT2D eigenvalue weighted by molar-refractivity contribution is 5.29. The minimum absolute atomic E-state index is 0.722. The highest BCUT2D eigenvalue weighted by atomic mass is 16.5. The molecule has 0 fully saturated rings. The number of rotatable bonds is 10. The van der Waals surface area contributed by atoms with Gasteiger partial charge in [0.05, 0.1) is 13.7 Å². The summed E-state index contributed by atoms with van der Waals surface area (Å²) in [4.78, 5) is 7.23. The molecular formula is C27H32N2O2. The predicted molar refractivity (Wildman–Crippen MR) is 125 cm³/mol. The van der Waals surface area contributed by atoms with Gasteiger partial charge in [-0.2, -0.15) is 0 Å². The predicted octanol–water partition coefficient (Wildman–Crippen LogP) is 5.09. The molecule has 0 amide bonds. The van der Waals surface area contributed by atoms with Crippen LogP contribution in [0.3, 0.4) is 0 Å². The van der Waals surface area contributed by atoms with Crippen LogP contribution >= 0.6 is 0 Å². The molecule has 31 heavy (non-hydrogen) atoms. The molecule has 1 aliphatic rings. The van der Waals surface area contributed by atoms with Crippen molar-refractivity contribution in [2.45, 2.75) is 38.6 Å². The Morgan fingerprint density at radius 1 is 0.871 bits per heavy atom. The molecule has 4 heteroatoms. The van der Waals surface area contributed by atoms with Gasteiger partial charge in [-0.05, 0) is 73.5 Å². The average molecular weight is 417 g/mol. The number of hydrogen-bond donors (Lipinski definition) is 0. The number of aryl methyl sites for hydroxylation is 2. The van der Waals surface area contributed by atoms with Gasteiger partial charge in [0, 0.05) is 24.8 Å². The van der Waals surface area contributed by atoms with Gasteiger partial charge in [0.15, 0.2) is 0 Å². The van der Waals surface area contributed by atoms with E-state index in [2.05, 4.69) is 52.3 Å². The van der Waals surface area contributed by atoms with Gasteiger partial charge in [-0.25, -0.2) is 4.98 Å². The van der Waals surface area contributed by atoms with Gasteiger partial charge < -0.3 is 9.47 Å². The van der Waals surface area contributed by atoms with Gasteiger partial charge in [0.1, 0.15) is 5.75 Å². The molecule has 0 spiro atoms. The van der Waals surface area contributed by atoms with E-state index in [0.717, 1.165) is 69.2 Å². The average Bonchev–Trinajstić information content (AvgIpc) is 2.83. The first kappa shape index (κ1) is 21.4. The van der Waals surface area contributed by atoms with Gasteiger partial charge in [0.25, 0.3) is 0 Å². The van der Waals surface area contributed by atoms with Crippen LogP contribution in [0.1, 0.15) is 35.2 Å². The quantitative estimate of drug-likeness (QED) is 0.431. The zero-order valence-electron chi connectivity index (χ0n) is 18.4. The van der Waals surface area contributed by atoms with Crippen molar-refractivity contribution in [1.29, 1.82) is 0 Å². The summed E-state index contributed by atoms with van der Waals surface area (Å²) in [5.74, 6) is 1.63. The Morgan fingerprint density at radius 2 is 1.71 bits per heavy atom. The first-order valence-electron chi connectivity index (χ1n) is 11.3. The second kappa shape index (κ2) is 11.0. The Labute approximate surface area is 185 Å². The largest absolute Gasteiger partial charge is 0.497 e. The van der Waals surface area contributed by atoms with Crippen LogP contribution in [0.2, 0.25) is 0 Å². The van der Waals surface area contributed by atoms with Crippen molar-refractivity contribution in [3.05, 3.63) is 89.1 Å². The lowest BCUT2D eigenvalue weighted by atomic mass is 10.00. The number of methoxy groups -OCH3 is 1. The normalized spacial score (nSPS) is 13.6. The molecule has 2 aromatic carbocycles. The zero-order valence-corrected chi connectivity index (χ0v) is 18.4. The van der Waals surface area contributed by atoms with Crippen LogP contribution in [0.25, 0.3) is 0 Å². The van der Waals surface area contributed by atoms with E-state index in [-0.39, 0.29) is 0 Å². The second-order valence-electron chi connectivity index (χ2n) is 8.17. The number of fused-ring (bicyclic) bond motifs is 1. The van der Waals surface area contributed by atoms with Crippen LogP contribution in [-0.2, 0) is 25.8 Å². The molecule has 0 radical (unpaired) electrons. The Kier molecular flexibility index (Phi) is 7.56. The summed E-state index contributed by atoms with van der Waals surface area (Å²) < 4.78 is 11.1. The maximum atomic E-state index is 5.93. The molecule has 0 N–H and O–H groups in total. The van der Waals surface area contributed by atoms with E-state index in [1.165, 1.54) is 23.1 Å². The van der Waals surface area contributed by atoms with E-state index in [1.54, 1.807) is 7.11 Å². The van der Waals surface area contributed by atoms with Gasteiger partial charge in [-0.3, -0.25) is 4.90 Å². The summed E-state index contributed by atoms with van der Waals surface area (Å²) >= 11 is 0. The molecule has 0 atom stereocenters. The highest BCUT2D eigenvalue weighted by Gasteiger charge is 2.14. The van der Waals surface area contributed by atoms with Gasteiger partial charge >= 0.3 is 0 Å². The number of nitrogens with zero attached hydrogens (tertiary/aromatic N) is 2. The SMILES string of the molecule is COc1ccc(CCc2cccc(OCCCCN3CCc4ccccc4C3)n2)cc1. The van der Waals surface area contributed by atoms with E-state index < -0.39 is 0 Å². The molecule has 162 valence electrons. The lowest BCUT2D eigenvalue weighted by Crippen LogP contribution is -2.31. The number of aromatic nitrogens is 1. The topological polar surface area (TPSA) is 34.6 Å². The fourth-order valence-corrected chi connectivity index (χ4v) is 4.10. The van der Waals surface area contributed by atoms with Crippen LogP contribution in [0.4, 0.5) is 0 Å². The lowest BCUT2D eigenvalue weighted by molar-refractivity contribution is 0.233. The second-order valence-corrected chi connectivity index (χ2v) is 8.17. The van der Waals surface area contributed by atoms with E-state index in [4.69, 9.17) is 9.47 Å². The highest BCUT2D eigenvalue weighted by Crippen LogP contribution is 2.19. The molecule has 0 unspecified atom stereocenters. The first-order valence-corrected chi connectivity index (χ1v) is 11.3. The van der Waals surface area contributed by atoms with Gasteiger partial charge in [-0.1, -0.05) is 42.5 Å². The number of unbranched alkanes of at least 4 members (excludes halogenated alkanes) is 1. The maximum Gasteiger partial charge on any atom is 0.213 e. The van der Waals surface area contributed by atoms with Crippen molar-refractivity contribution < 1.29 is 9.47 Å². The van der Waals surface area contributed by atoms with Crippen molar-refractivity contribution in [1.82, 2.24) is 9.88 Å². The molecule has 1 aliphatic heterocycles. The first-order chi connectivity index (χ1) is 15.3. The van der Waals surface area contributed by atoms with Crippen molar-refractivity contribution in [3.8, 4) is 11.6 Å². The molecule has 0 bridgehead atoms. The summed E-state index contributed by atoms with van der Waals surface area (Å²) in [5.41, 5.74) is 5.36. The van der Waals surface area contributed by atoms with E-state index in [1.807, 2.05) is 24.3 Å². The summed E-state index contributed by atoms with van der Waals surface area (Å²) in [6.45, 7) is 4.09. The smallest absolute Gasteiger partial charge is 0.213 e. The third-order valence-corrected chi connectivity index (χ3v) is 5.94. The molecule has 2 heterocycles. The molecular weight excluding hydrogens is 384 g/mol. The summed E-state index contributed by atoms with van der Waals surface area (Å²) in [6.07, 6.45) is 5.23. The molecule has 1 aromatic heterocycles. The van der Waals surface area contributed by atoms with Crippen molar-refractivity contribution in [3.63, 3.8) is 0 Å². The Morgan fingerprint density at radius 3 is 2.55 bits per heavy atom. The van der Waals surface area contributed by atoms with Crippen LogP contribution in [0.15, 0.2) is 66.7 Å². The molecule has 4 rings (SSSR count). The summed E-state index contributed by atoms with van der Waals surface area (Å²) in [7, 11) is 1.69. The Hall–Kier alpha value is -2.85. The number of pyridine rings is 1. The molecule has 4 nitrogen and oxygen atoms in total. The zero-order chi connectivity index (χ0) is 21.3. The van der Waals surface area contributed by atoms with Crippen LogP contribution < -0.4 is 9.47 Å². The van der Waals surface area contributed by atoms with Crippen LogP contribution in [-0.4, -0.2) is 36.7 Å². The van der Waals surface area contributed by atoms with E-state index in [9.17, 15) is 0 Å². The van der Waals surface area contributed by atoms with Crippen molar-refractivity contribution in [2.75, 3.05) is 26.8 Å². The van der Waals surface area contributed by atoms with Crippen molar-refractivity contribution in [2.24, 2.45) is 0 Å². The Bertz CT molecular complexity index is 955. The molecule has 0 saturated carbocycles. The monoisotopic (exact) mass is 416 g/mol. The fraction of sp³-hybridized carbons (Fsp3) is 0.370. The number of ether oxygens (including phenoxy) is 2. The molecule has 3 aromatic rings. The maximum absolute atomic E-state index is 5.93. The standard InChI is InChI=1S/C27H32N2O2/c1-30-26-15-12-22(13-16-26)11-14-25-9-6-10-27(28-25)31-20-5-4-18-29-19-17-23-7-2-3-8-24(23)21-29/h2-3,6-10,12-13,15-16H,4-5,11,14,17-21H2,1H3. The molecule has 0 aliphatic carbocycles. The minimum atomic E-state index is 0.722. The van der Waals surface area contributed by atoms with E-state index >= 15 is 0 Å². The fourth-order valence-electron chi connectivity index (χ4n) is 4.10.